The van der Waals surface area contributed by atoms with Crippen molar-refractivity contribution in [1.29, 1.82) is 0 Å². The van der Waals surface area contributed by atoms with E-state index in [0.717, 1.165) is 6.42 Å². The van der Waals surface area contributed by atoms with Crippen molar-refractivity contribution in [3.63, 3.8) is 0 Å². The molecule has 0 aromatic heterocycles. The summed E-state index contributed by atoms with van der Waals surface area (Å²) in [4.78, 5) is 15.0. The van der Waals surface area contributed by atoms with E-state index in [4.69, 9.17) is 4.74 Å². The molecule has 0 N–H and O–H groups in total. The zero-order valence-electron chi connectivity index (χ0n) is 11.7. The molecule has 2 saturated heterocycles. The van der Waals surface area contributed by atoms with Gasteiger partial charge in [-0.15, -0.1) is 0 Å². The van der Waals surface area contributed by atoms with Gasteiger partial charge in [0, 0.05) is 16.8 Å². The van der Waals surface area contributed by atoms with Gasteiger partial charge in [0.25, 0.3) is 0 Å². The van der Waals surface area contributed by atoms with E-state index in [1.54, 1.807) is 0 Å². The van der Waals surface area contributed by atoms with Gasteiger partial charge >= 0.3 is 5.97 Å². The number of halogens is 1. The van der Waals surface area contributed by atoms with Crippen LogP contribution in [0.5, 0.6) is 0 Å². The number of esters is 1. The van der Waals surface area contributed by atoms with Crippen LogP contribution in [0.2, 0.25) is 0 Å². The van der Waals surface area contributed by atoms with Crippen LogP contribution in [0.4, 0.5) is 0 Å². The van der Waals surface area contributed by atoms with Crippen molar-refractivity contribution in [3.8, 4) is 0 Å². The Balaban J connectivity index is 1.53. The predicted octanol–water partition coefficient (Wildman–Crippen LogP) is 2.97. The number of carbonyl (C=O) groups is 1. The molecule has 0 amide bonds. The van der Waals surface area contributed by atoms with Crippen molar-refractivity contribution in [1.82, 2.24) is 4.90 Å². The molecule has 4 atom stereocenters. The highest BCUT2D eigenvalue weighted by atomic mass is 79.9. The molecule has 4 unspecified atom stereocenters. The highest BCUT2D eigenvalue weighted by Crippen LogP contribution is 2.52. The van der Waals surface area contributed by atoms with Gasteiger partial charge in [-0.3, -0.25) is 9.69 Å². The largest absolute Gasteiger partial charge is 0.465 e. The molecule has 3 aliphatic rings. The van der Waals surface area contributed by atoms with Crippen molar-refractivity contribution >= 4 is 21.9 Å². The van der Waals surface area contributed by atoms with Crippen molar-refractivity contribution in [2.24, 2.45) is 11.3 Å². The normalized spacial score (nSPS) is 42.5. The third-order valence-corrected chi connectivity index (χ3v) is 6.59. The fraction of sp³-hybridized carbons (Fsp3) is 0.933. The molecule has 0 bridgehead atoms. The summed E-state index contributed by atoms with van der Waals surface area (Å²) in [5.74, 6) is 0.566. The van der Waals surface area contributed by atoms with Crippen LogP contribution >= 0.6 is 15.9 Å². The molecule has 1 saturated carbocycles. The van der Waals surface area contributed by atoms with Gasteiger partial charge in [0.05, 0.1) is 12.0 Å². The average molecular weight is 330 g/mol. The number of alkyl halides is 1. The SMILES string of the molecule is CC1(C(=O)OCC2CCCN3CCCCC23)CC1Br. The summed E-state index contributed by atoms with van der Waals surface area (Å²) in [5.41, 5.74) is -0.249. The maximum Gasteiger partial charge on any atom is 0.312 e. The standard InChI is InChI=1S/C15H24BrNO2/c1-15(9-13(15)16)14(18)19-10-11-5-4-8-17-7-3-2-6-12(11)17/h11-13H,2-10H2,1H3. The summed E-state index contributed by atoms with van der Waals surface area (Å²) in [5, 5.41) is 0. The third kappa shape index (κ3) is 2.71. The molecule has 2 aliphatic heterocycles. The van der Waals surface area contributed by atoms with Gasteiger partial charge in [-0.1, -0.05) is 22.4 Å². The summed E-state index contributed by atoms with van der Waals surface area (Å²) >= 11 is 3.52. The molecule has 1 aliphatic carbocycles. The number of piperidine rings is 2. The Morgan fingerprint density at radius 3 is 2.79 bits per heavy atom. The number of ether oxygens (including phenoxy) is 1. The number of hydrogen-bond donors (Lipinski definition) is 0. The van der Waals surface area contributed by atoms with Gasteiger partial charge in [-0.25, -0.2) is 0 Å². The summed E-state index contributed by atoms with van der Waals surface area (Å²) in [6.45, 7) is 5.13. The number of rotatable bonds is 3. The second-order valence-electron chi connectivity index (χ2n) is 6.69. The molecule has 0 spiro atoms. The molecular formula is C15H24BrNO2. The Bertz CT molecular complexity index is 360. The van der Waals surface area contributed by atoms with Crippen molar-refractivity contribution in [2.75, 3.05) is 19.7 Å². The Kier molecular flexibility index (Phi) is 3.91. The molecule has 0 radical (unpaired) electrons. The fourth-order valence-corrected chi connectivity index (χ4v) is 4.50. The van der Waals surface area contributed by atoms with Crippen LogP contribution in [0.15, 0.2) is 0 Å². The molecule has 4 heteroatoms. The van der Waals surface area contributed by atoms with Crippen LogP contribution in [0.3, 0.4) is 0 Å². The Labute approximate surface area is 124 Å². The Hall–Kier alpha value is -0.0900. The smallest absolute Gasteiger partial charge is 0.312 e. The molecule has 3 rings (SSSR count). The molecule has 19 heavy (non-hydrogen) atoms. The molecule has 0 aromatic carbocycles. The lowest BCUT2D eigenvalue weighted by Gasteiger charge is -2.44. The zero-order valence-corrected chi connectivity index (χ0v) is 13.3. The minimum absolute atomic E-state index is 0.00214. The quantitative estimate of drug-likeness (QED) is 0.589. The minimum Gasteiger partial charge on any atom is -0.465 e. The van der Waals surface area contributed by atoms with Gasteiger partial charge in [-0.05, 0) is 52.1 Å². The van der Waals surface area contributed by atoms with Crippen LogP contribution in [-0.4, -0.2) is 41.4 Å². The summed E-state index contributed by atoms with van der Waals surface area (Å²) < 4.78 is 5.63. The van der Waals surface area contributed by atoms with Gasteiger partial charge in [0.1, 0.15) is 0 Å². The number of fused-ring (bicyclic) bond motifs is 1. The van der Waals surface area contributed by atoms with Crippen LogP contribution in [0.25, 0.3) is 0 Å². The van der Waals surface area contributed by atoms with E-state index in [2.05, 4.69) is 20.8 Å². The molecular weight excluding hydrogens is 306 g/mol. The fourth-order valence-electron chi connectivity index (χ4n) is 3.64. The monoisotopic (exact) mass is 329 g/mol. The van der Waals surface area contributed by atoms with E-state index < -0.39 is 0 Å². The van der Waals surface area contributed by atoms with E-state index in [1.807, 2.05) is 6.92 Å². The first kappa shape index (κ1) is 13.9. The molecule has 108 valence electrons. The summed E-state index contributed by atoms with van der Waals surface area (Å²) in [6, 6.07) is 0.669. The van der Waals surface area contributed by atoms with Gasteiger partial charge in [-0.2, -0.15) is 0 Å². The summed E-state index contributed by atoms with van der Waals surface area (Å²) in [6.07, 6.45) is 7.38. The lowest BCUT2D eigenvalue weighted by Crippen LogP contribution is -2.49. The van der Waals surface area contributed by atoms with E-state index in [1.165, 1.54) is 45.2 Å². The van der Waals surface area contributed by atoms with Crippen LogP contribution < -0.4 is 0 Å². The van der Waals surface area contributed by atoms with Crippen LogP contribution in [0, 0.1) is 11.3 Å². The second-order valence-corrected chi connectivity index (χ2v) is 7.79. The van der Waals surface area contributed by atoms with Crippen molar-refractivity contribution in [2.45, 2.75) is 56.3 Å². The second kappa shape index (κ2) is 5.36. The number of hydrogen-bond acceptors (Lipinski definition) is 3. The molecule has 3 nitrogen and oxygen atoms in total. The van der Waals surface area contributed by atoms with E-state index in [0.29, 0.717) is 23.4 Å². The Morgan fingerprint density at radius 1 is 1.32 bits per heavy atom. The lowest BCUT2D eigenvalue weighted by atomic mass is 9.84. The number of carbonyl (C=O) groups excluding carboxylic acids is 1. The lowest BCUT2D eigenvalue weighted by molar-refractivity contribution is -0.152. The minimum atomic E-state index is -0.249. The highest BCUT2D eigenvalue weighted by molar-refractivity contribution is 9.09. The zero-order chi connectivity index (χ0) is 13.5. The summed E-state index contributed by atoms with van der Waals surface area (Å²) in [7, 11) is 0. The van der Waals surface area contributed by atoms with Crippen molar-refractivity contribution in [3.05, 3.63) is 0 Å². The van der Waals surface area contributed by atoms with Crippen LogP contribution in [-0.2, 0) is 9.53 Å². The predicted molar refractivity (Wildman–Crippen MR) is 78.3 cm³/mol. The first-order chi connectivity index (χ1) is 9.11. The number of nitrogens with zero attached hydrogens (tertiary/aromatic N) is 1. The maximum absolute atomic E-state index is 12.1. The average Bonchev–Trinajstić information content (AvgIpc) is 3.05. The molecule has 2 heterocycles. The van der Waals surface area contributed by atoms with E-state index in [9.17, 15) is 4.79 Å². The van der Waals surface area contributed by atoms with Crippen LogP contribution in [0.1, 0.15) is 45.4 Å². The molecule has 3 fully saturated rings. The first-order valence-electron chi connectivity index (χ1n) is 7.66. The topological polar surface area (TPSA) is 29.5 Å². The van der Waals surface area contributed by atoms with E-state index in [-0.39, 0.29) is 11.4 Å². The third-order valence-electron chi connectivity index (χ3n) is 5.26. The first-order valence-corrected chi connectivity index (χ1v) is 8.58. The highest BCUT2D eigenvalue weighted by Gasteiger charge is 2.56. The van der Waals surface area contributed by atoms with Crippen molar-refractivity contribution < 1.29 is 9.53 Å². The van der Waals surface area contributed by atoms with E-state index >= 15 is 0 Å². The van der Waals surface area contributed by atoms with Gasteiger partial charge < -0.3 is 4.74 Å². The molecule has 0 aromatic rings. The Morgan fingerprint density at radius 2 is 2.05 bits per heavy atom. The maximum atomic E-state index is 12.1. The van der Waals surface area contributed by atoms with Gasteiger partial charge in [0.15, 0.2) is 0 Å². The van der Waals surface area contributed by atoms with Gasteiger partial charge in [0.2, 0.25) is 0 Å².